The van der Waals surface area contributed by atoms with Crippen molar-refractivity contribution in [3.05, 3.63) is 29.8 Å². The lowest BCUT2D eigenvalue weighted by molar-refractivity contribution is 0.131. The van der Waals surface area contributed by atoms with E-state index in [4.69, 9.17) is 20.6 Å². The Hall–Kier alpha value is -1.55. The van der Waals surface area contributed by atoms with Crippen LogP contribution in [-0.2, 0) is 4.74 Å². The van der Waals surface area contributed by atoms with Crippen molar-refractivity contribution in [2.45, 2.75) is 13.3 Å². The van der Waals surface area contributed by atoms with E-state index < -0.39 is 0 Å². The fraction of sp³-hybridized carbons (Fsp3) is 0.417. The normalized spacial score (nSPS) is 10.1. The zero-order valence-corrected chi connectivity index (χ0v) is 9.53. The first-order valence-electron chi connectivity index (χ1n) is 5.39. The minimum Gasteiger partial charge on any atom is -0.494 e. The molecule has 0 aromatic heterocycles. The molecule has 1 rings (SSSR count). The maximum absolute atomic E-state index is 7.24. The van der Waals surface area contributed by atoms with Gasteiger partial charge in [-0.2, -0.15) is 0 Å². The predicted octanol–water partition coefficient (Wildman–Crippen LogP) is 1.78. The van der Waals surface area contributed by atoms with Crippen molar-refractivity contribution in [1.29, 1.82) is 5.41 Å². The molecule has 4 heteroatoms. The molecule has 3 N–H and O–H groups in total. The van der Waals surface area contributed by atoms with E-state index in [0.29, 0.717) is 12.2 Å². The molecule has 0 heterocycles. The van der Waals surface area contributed by atoms with Gasteiger partial charge in [-0.05, 0) is 31.2 Å². The summed E-state index contributed by atoms with van der Waals surface area (Å²) >= 11 is 0. The maximum Gasteiger partial charge on any atom is 0.122 e. The van der Waals surface area contributed by atoms with Gasteiger partial charge in [-0.25, -0.2) is 0 Å². The summed E-state index contributed by atoms with van der Waals surface area (Å²) in [5, 5.41) is 7.24. The predicted molar refractivity (Wildman–Crippen MR) is 64.1 cm³/mol. The number of rotatable bonds is 7. The first-order valence-corrected chi connectivity index (χ1v) is 5.39. The summed E-state index contributed by atoms with van der Waals surface area (Å²) in [6.07, 6.45) is 0.877. The number of hydrogen-bond acceptors (Lipinski definition) is 3. The molecule has 0 fully saturated rings. The maximum atomic E-state index is 7.24. The van der Waals surface area contributed by atoms with Gasteiger partial charge in [0.25, 0.3) is 0 Å². The van der Waals surface area contributed by atoms with Gasteiger partial charge in [0.05, 0.1) is 6.61 Å². The molecule has 88 valence electrons. The molecule has 0 saturated carbocycles. The van der Waals surface area contributed by atoms with Crippen LogP contribution in [0.4, 0.5) is 0 Å². The summed E-state index contributed by atoms with van der Waals surface area (Å²) in [5.74, 6) is 0.865. The van der Waals surface area contributed by atoms with Crippen molar-refractivity contribution >= 4 is 5.84 Å². The number of benzene rings is 1. The molecule has 0 amide bonds. The van der Waals surface area contributed by atoms with Crippen molar-refractivity contribution in [1.82, 2.24) is 0 Å². The molecule has 0 atom stereocenters. The summed E-state index contributed by atoms with van der Waals surface area (Å²) < 4.78 is 10.7. The molecule has 1 aromatic carbocycles. The quantitative estimate of drug-likeness (QED) is 0.420. The Morgan fingerprint density at radius 2 is 1.94 bits per heavy atom. The van der Waals surface area contributed by atoms with Crippen LogP contribution in [0.5, 0.6) is 5.75 Å². The Labute approximate surface area is 95.9 Å². The summed E-state index contributed by atoms with van der Waals surface area (Å²) in [7, 11) is 0. The number of ether oxygens (including phenoxy) is 2. The third-order valence-corrected chi connectivity index (χ3v) is 2.07. The van der Waals surface area contributed by atoms with Crippen LogP contribution in [0, 0.1) is 5.41 Å². The average Bonchev–Trinajstić information content (AvgIpc) is 2.29. The third-order valence-electron chi connectivity index (χ3n) is 2.07. The van der Waals surface area contributed by atoms with Crippen LogP contribution in [0.25, 0.3) is 0 Å². The second-order valence-corrected chi connectivity index (χ2v) is 3.34. The molecule has 0 spiro atoms. The van der Waals surface area contributed by atoms with Crippen LogP contribution in [0.2, 0.25) is 0 Å². The molecule has 0 aliphatic heterocycles. The molecular formula is C12H18N2O2. The highest BCUT2D eigenvalue weighted by Crippen LogP contribution is 2.11. The van der Waals surface area contributed by atoms with Gasteiger partial charge in [0.15, 0.2) is 0 Å². The van der Waals surface area contributed by atoms with E-state index in [1.807, 2.05) is 19.1 Å². The van der Waals surface area contributed by atoms with Crippen LogP contribution < -0.4 is 10.5 Å². The van der Waals surface area contributed by atoms with E-state index in [1.54, 1.807) is 12.1 Å². The van der Waals surface area contributed by atoms with E-state index in [2.05, 4.69) is 0 Å². The summed E-state index contributed by atoms with van der Waals surface area (Å²) in [4.78, 5) is 0. The van der Waals surface area contributed by atoms with Crippen molar-refractivity contribution in [2.24, 2.45) is 5.73 Å². The lowest BCUT2D eigenvalue weighted by Gasteiger charge is -2.06. The van der Waals surface area contributed by atoms with Crippen LogP contribution in [-0.4, -0.2) is 25.7 Å². The fourth-order valence-corrected chi connectivity index (χ4v) is 1.23. The van der Waals surface area contributed by atoms with Crippen molar-refractivity contribution in [3.8, 4) is 5.75 Å². The molecular weight excluding hydrogens is 204 g/mol. The lowest BCUT2D eigenvalue weighted by Crippen LogP contribution is -2.10. The van der Waals surface area contributed by atoms with Crippen LogP contribution in [0.3, 0.4) is 0 Å². The lowest BCUT2D eigenvalue weighted by atomic mass is 10.2. The highest BCUT2D eigenvalue weighted by atomic mass is 16.5. The molecule has 16 heavy (non-hydrogen) atoms. The Balaban J connectivity index is 2.29. The largest absolute Gasteiger partial charge is 0.494 e. The second-order valence-electron chi connectivity index (χ2n) is 3.34. The van der Waals surface area contributed by atoms with Crippen molar-refractivity contribution in [3.63, 3.8) is 0 Å². The molecule has 0 radical (unpaired) electrons. The monoisotopic (exact) mass is 222 g/mol. The zero-order valence-electron chi connectivity index (χ0n) is 9.53. The van der Waals surface area contributed by atoms with Crippen LogP contribution in [0.1, 0.15) is 18.9 Å². The van der Waals surface area contributed by atoms with Gasteiger partial charge in [0.2, 0.25) is 0 Å². The number of nitrogens with one attached hydrogen (secondary N) is 1. The summed E-state index contributed by atoms with van der Waals surface area (Å²) in [6.45, 7) is 4.08. The minimum absolute atomic E-state index is 0.0721. The van der Waals surface area contributed by atoms with Gasteiger partial charge >= 0.3 is 0 Å². The first-order chi connectivity index (χ1) is 7.74. The van der Waals surface area contributed by atoms with E-state index in [1.165, 1.54) is 0 Å². The van der Waals surface area contributed by atoms with Gasteiger partial charge in [-0.3, -0.25) is 5.41 Å². The third kappa shape index (κ3) is 4.31. The van der Waals surface area contributed by atoms with Gasteiger partial charge in [-0.15, -0.1) is 0 Å². The Morgan fingerprint density at radius 3 is 2.50 bits per heavy atom. The summed E-state index contributed by atoms with van der Waals surface area (Å²) in [5.41, 5.74) is 6.05. The molecule has 0 saturated heterocycles. The molecule has 0 aliphatic carbocycles. The zero-order chi connectivity index (χ0) is 11.8. The molecule has 1 aromatic rings. The Kier molecular flexibility index (Phi) is 5.36. The number of nitrogen functional groups attached to an aromatic ring is 1. The number of hydrogen-bond donors (Lipinski definition) is 2. The molecule has 0 aliphatic rings. The van der Waals surface area contributed by atoms with E-state index in [-0.39, 0.29) is 5.84 Å². The SMILES string of the molecule is CCOCCCOc1ccc(C(=N)N)cc1. The van der Waals surface area contributed by atoms with Crippen LogP contribution in [0.15, 0.2) is 24.3 Å². The standard InChI is InChI=1S/C12H18N2O2/c1-2-15-8-3-9-16-11-6-4-10(5-7-11)12(13)14/h4-7H,2-3,8-9H2,1H3,(H3,13,14). The van der Waals surface area contributed by atoms with E-state index in [9.17, 15) is 0 Å². The summed E-state index contributed by atoms with van der Waals surface area (Å²) in [6, 6.07) is 7.19. The van der Waals surface area contributed by atoms with Gasteiger partial charge in [0, 0.05) is 25.2 Å². The molecule has 0 unspecified atom stereocenters. The van der Waals surface area contributed by atoms with E-state index >= 15 is 0 Å². The first kappa shape index (κ1) is 12.5. The number of amidine groups is 1. The Morgan fingerprint density at radius 1 is 1.25 bits per heavy atom. The van der Waals surface area contributed by atoms with Gasteiger partial charge in [-0.1, -0.05) is 0 Å². The van der Waals surface area contributed by atoms with Crippen molar-refractivity contribution < 1.29 is 9.47 Å². The molecule has 4 nitrogen and oxygen atoms in total. The second kappa shape index (κ2) is 6.85. The van der Waals surface area contributed by atoms with Gasteiger partial charge in [0.1, 0.15) is 11.6 Å². The average molecular weight is 222 g/mol. The van der Waals surface area contributed by atoms with E-state index in [0.717, 1.165) is 25.4 Å². The van der Waals surface area contributed by atoms with Crippen molar-refractivity contribution in [2.75, 3.05) is 19.8 Å². The topological polar surface area (TPSA) is 68.3 Å². The smallest absolute Gasteiger partial charge is 0.122 e. The highest BCUT2D eigenvalue weighted by Gasteiger charge is 1.97. The highest BCUT2D eigenvalue weighted by molar-refractivity contribution is 5.94. The fourth-order valence-electron chi connectivity index (χ4n) is 1.23. The minimum atomic E-state index is 0.0721. The number of nitrogens with two attached hydrogens (primary N) is 1. The Bertz CT molecular complexity index is 322. The van der Waals surface area contributed by atoms with Gasteiger partial charge < -0.3 is 15.2 Å². The van der Waals surface area contributed by atoms with Crippen LogP contribution >= 0.6 is 0 Å². The molecule has 0 bridgehead atoms.